The molecular formula is C16H17N3S. The number of hydrogen-bond acceptors (Lipinski definition) is 4. The summed E-state index contributed by atoms with van der Waals surface area (Å²) in [4.78, 5) is 4.19. The van der Waals surface area contributed by atoms with Gasteiger partial charge in [0.2, 0.25) is 0 Å². The molecule has 0 amide bonds. The minimum Gasteiger partial charge on any atom is -0.360 e. The maximum absolute atomic E-state index is 6.18. The average Bonchev–Trinajstić information content (AvgIpc) is 2.98. The highest BCUT2D eigenvalue weighted by molar-refractivity contribution is 7.13. The predicted octanol–water partition coefficient (Wildman–Crippen LogP) is 3.28. The van der Waals surface area contributed by atoms with Gasteiger partial charge in [-0.25, -0.2) is 4.98 Å². The van der Waals surface area contributed by atoms with Crippen LogP contribution in [-0.4, -0.2) is 17.6 Å². The Morgan fingerprint density at radius 1 is 1.15 bits per heavy atom. The number of anilines is 1. The van der Waals surface area contributed by atoms with Crippen molar-refractivity contribution in [3.05, 3.63) is 59.6 Å². The van der Waals surface area contributed by atoms with Gasteiger partial charge in [-0.3, -0.25) is 0 Å². The molecule has 1 atom stereocenters. The van der Waals surface area contributed by atoms with Crippen LogP contribution in [0.1, 0.15) is 5.56 Å². The van der Waals surface area contributed by atoms with Crippen molar-refractivity contribution in [3.63, 3.8) is 0 Å². The second-order valence-corrected chi connectivity index (χ2v) is 5.76. The molecule has 0 spiro atoms. The maximum atomic E-state index is 6.18. The highest BCUT2D eigenvalue weighted by atomic mass is 32.1. The Hall–Kier alpha value is -1.91. The number of benzene rings is 2. The summed E-state index contributed by atoms with van der Waals surface area (Å²) in [5.41, 5.74) is 7.46. The van der Waals surface area contributed by atoms with Crippen molar-refractivity contribution in [2.75, 3.05) is 11.9 Å². The first-order valence-corrected chi connectivity index (χ1v) is 7.56. The highest BCUT2D eigenvalue weighted by Gasteiger charge is 2.05. The molecule has 0 aliphatic rings. The molecule has 3 nitrogen and oxygen atoms in total. The van der Waals surface area contributed by atoms with Gasteiger partial charge in [0.1, 0.15) is 0 Å². The van der Waals surface area contributed by atoms with Gasteiger partial charge in [-0.15, -0.1) is 11.3 Å². The monoisotopic (exact) mass is 283 g/mol. The van der Waals surface area contributed by atoms with Gasteiger partial charge in [-0.1, -0.05) is 42.5 Å². The van der Waals surface area contributed by atoms with E-state index in [9.17, 15) is 0 Å². The van der Waals surface area contributed by atoms with Crippen LogP contribution in [0.2, 0.25) is 0 Å². The molecule has 0 bridgehead atoms. The molecule has 0 radical (unpaired) electrons. The lowest BCUT2D eigenvalue weighted by atomic mass is 10.0. The second kappa shape index (κ2) is 6.03. The number of hydrogen-bond donors (Lipinski definition) is 2. The molecule has 2 aromatic carbocycles. The summed E-state index contributed by atoms with van der Waals surface area (Å²) >= 11 is 1.60. The lowest BCUT2D eigenvalue weighted by molar-refractivity contribution is 0.699. The molecule has 0 fully saturated rings. The molecule has 0 saturated carbocycles. The Morgan fingerprint density at radius 3 is 2.80 bits per heavy atom. The molecule has 0 aliphatic heterocycles. The number of nitrogens with zero attached hydrogens (tertiary/aromatic N) is 1. The summed E-state index contributed by atoms with van der Waals surface area (Å²) in [5, 5.41) is 8.69. The lowest BCUT2D eigenvalue weighted by Crippen LogP contribution is -2.31. The Balaban J connectivity index is 1.63. The molecule has 102 valence electrons. The molecule has 20 heavy (non-hydrogen) atoms. The first kappa shape index (κ1) is 13.1. The fraction of sp³-hybridized carbons (Fsp3) is 0.188. The Morgan fingerprint density at radius 2 is 2.00 bits per heavy atom. The maximum Gasteiger partial charge on any atom is 0.182 e. The molecule has 0 aliphatic carbocycles. The summed E-state index contributed by atoms with van der Waals surface area (Å²) in [6, 6.07) is 15.0. The fourth-order valence-corrected chi connectivity index (χ4v) is 2.81. The van der Waals surface area contributed by atoms with E-state index in [1.807, 2.05) is 5.38 Å². The predicted molar refractivity (Wildman–Crippen MR) is 86.2 cm³/mol. The van der Waals surface area contributed by atoms with E-state index in [1.54, 1.807) is 17.5 Å². The molecule has 0 saturated heterocycles. The van der Waals surface area contributed by atoms with Gasteiger partial charge in [-0.2, -0.15) is 0 Å². The average molecular weight is 283 g/mol. The van der Waals surface area contributed by atoms with Crippen LogP contribution in [0, 0.1) is 0 Å². The van der Waals surface area contributed by atoms with E-state index in [-0.39, 0.29) is 6.04 Å². The standard InChI is InChI=1S/C16H17N3S/c17-15(11-19-16-18-7-8-20-16)10-12-5-6-13-3-1-2-4-14(13)9-12/h1-9,15H,10-11,17H2,(H,18,19)/t15-/m0/s1. The van der Waals surface area contributed by atoms with E-state index in [2.05, 4.69) is 52.8 Å². The summed E-state index contributed by atoms with van der Waals surface area (Å²) in [6.45, 7) is 0.736. The molecule has 3 rings (SSSR count). The van der Waals surface area contributed by atoms with E-state index in [0.717, 1.165) is 18.1 Å². The van der Waals surface area contributed by atoms with Crippen LogP contribution in [0.3, 0.4) is 0 Å². The van der Waals surface area contributed by atoms with Gasteiger partial charge in [0, 0.05) is 24.2 Å². The smallest absolute Gasteiger partial charge is 0.182 e. The number of aromatic nitrogens is 1. The molecule has 0 unspecified atom stereocenters. The summed E-state index contributed by atoms with van der Waals surface area (Å²) < 4.78 is 0. The Kier molecular flexibility index (Phi) is 3.95. The molecule has 3 aromatic rings. The van der Waals surface area contributed by atoms with Crippen molar-refractivity contribution < 1.29 is 0 Å². The van der Waals surface area contributed by atoms with E-state index < -0.39 is 0 Å². The normalized spacial score (nSPS) is 12.4. The zero-order valence-corrected chi connectivity index (χ0v) is 11.9. The summed E-state index contributed by atoms with van der Waals surface area (Å²) in [7, 11) is 0. The van der Waals surface area contributed by atoms with Crippen LogP contribution in [0.15, 0.2) is 54.0 Å². The molecule has 1 aromatic heterocycles. The Bertz CT molecular complexity index is 679. The number of thiazole rings is 1. The Labute approximate surface area is 122 Å². The third-order valence-electron chi connectivity index (χ3n) is 3.26. The number of nitrogens with two attached hydrogens (primary N) is 1. The fourth-order valence-electron chi connectivity index (χ4n) is 2.27. The SMILES string of the molecule is N[C@H](CNc1nccs1)Cc1ccc2ccccc2c1. The lowest BCUT2D eigenvalue weighted by Gasteiger charge is -2.12. The van der Waals surface area contributed by atoms with E-state index in [4.69, 9.17) is 5.73 Å². The second-order valence-electron chi connectivity index (χ2n) is 4.86. The zero-order valence-electron chi connectivity index (χ0n) is 11.1. The van der Waals surface area contributed by atoms with Gasteiger partial charge < -0.3 is 11.1 Å². The van der Waals surface area contributed by atoms with Crippen molar-refractivity contribution in [2.24, 2.45) is 5.73 Å². The van der Waals surface area contributed by atoms with Crippen molar-refractivity contribution in [3.8, 4) is 0 Å². The largest absolute Gasteiger partial charge is 0.360 e. The highest BCUT2D eigenvalue weighted by Crippen LogP contribution is 2.16. The number of nitrogens with one attached hydrogen (secondary N) is 1. The molecule has 4 heteroatoms. The third-order valence-corrected chi connectivity index (χ3v) is 3.99. The van der Waals surface area contributed by atoms with Crippen LogP contribution in [0.4, 0.5) is 5.13 Å². The van der Waals surface area contributed by atoms with Crippen LogP contribution in [0.5, 0.6) is 0 Å². The zero-order chi connectivity index (χ0) is 13.8. The first-order chi connectivity index (χ1) is 9.81. The number of fused-ring (bicyclic) bond motifs is 1. The van der Waals surface area contributed by atoms with Crippen LogP contribution < -0.4 is 11.1 Å². The van der Waals surface area contributed by atoms with Gasteiger partial charge in [0.15, 0.2) is 5.13 Å². The third kappa shape index (κ3) is 3.15. The topological polar surface area (TPSA) is 50.9 Å². The van der Waals surface area contributed by atoms with Crippen molar-refractivity contribution in [2.45, 2.75) is 12.5 Å². The minimum atomic E-state index is 0.0834. The molecular weight excluding hydrogens is 266 g/mol. The van der Waals surface area contributed by atoms with Crippen LogP contribution >= 0.6 is 11.3 Å². The first-order valence-electron chi connectivity index (χ1n) is 6.68. The molecule has 1 heterocycles. The van der Waals surface area contributed by atoms with E-state index in [0.29, 0.717) is 0 Å². The number of rotatable bonds is 5. The van der Waals surface area contributed by atoms with Gasteiger partial charge in [0.05, 0.1) is 0 Å². The van der Waals surface area contributed by atoms with Crippen molar-refractivity contribution in [1.82, 2.24) is 4.98 Å². The van der Waals surface area contributed by atoms with E-state index in [1.165, 1.54) is 16.3 Å². The van der Waals surface area contributed by atoms with E-state index >= 15 is 0 Å². The van der Waals surface area contributed by atoms with Gasteiger partial charge in [-0.05, 0) is 22.8 Å². The molecule has 3 N–H and O–H groups in total. The summed E-state index contributed by atoms with van der Waals surface area (Å²) in [5.74, 6) is 0. The van der Waals surface area contributed by atoms with Crippen molar-refractivity contribution >= 4 is 27.2 Å². The van der Waals surface area contributed by atoms with Crippen molar-refractivity contribution in [1.29, 1.82) is 0 Å². The van der Waals surface area contributed by atoms with Crippen LogP contribution in [-0.2, 0) is 6.42 Å². The quantitative estimate of drug-likeness (QED) is 0.755. The van der Waals surface area contributed by atoms with Crippen LogP contribution in [0.25, 0.3) is 10.8 Å². The van der Waals surface area contributed by atoms with Gasteiger partial charge in [0.25, 0.3) is 0 Å². The van der Waals surface area contributed by atoms with Gasteiger partial charge >= 0.3 is 0 Å². The summed E-state index contributed by atoms with van der Waals surface area (Å²) in [6.07, 6.45) is 2.66. The minimum absolute atomic E-state index is 0.0834.